The summed E-state index contributed by atoms with van der Waals surface area (Å²) in [6.07, 6.45) is 13.6. The average molecular weight is 442 g/mol. The maximum atomic E-state index is 14.9. The quantitative estimate of drug-likeness (QED) is 0.473. The van der Waals surface area contributed by atoms with Crippen molar-refractivity contribution in [1.82, 2.24) is 0 Å². The Morgan fingerprint density at radius 3 is 2.73 bits per heavy atom. The summed E-state index contributed by atoms with van der Waals surface area (Å²) in [6.45, 7) is 4.54. The van der Waals surface area contributed by atoms with Gasteiger partial charge >= 0.3 is 0 Å². The first-order chi connectivity index (χ1) is 16.1. The molecular weight excluding hydrogens is 409 g/mol. The van der Waals surface area contributed by atoms with Gasteiger partial charge in [0.25, 0.3) is 0 Å². The maximum absolute atomic E-state index is 14.9. The van der Waals surface area contributed by atoms with Crippen molar-refractivity contribution in [2.75, 3.05) is 0 Å². The Labute approximate surface area is 196 Å². The minimum atomic E-state index is -0.497. The van der Waals surface area contributed by atoms with E-state index in [1.165, 1.54) is 43.7 Å². The molecular formula is C29H32FN3. The molecule has 3 nitrogen and oxygen atoms in total. The van der Waals surface area contributed by atoms with E-state index in [-0.39, 0.29) is 11.5 Å². The van der Waals surface area contributed by atoms with E-state index in [0.29, 0.717) is 17.5 Å². The first kappa shape index (κ1) is 22.0. The topological polar surface area (TPSA) is 48.5 Å². The van der Waals surface area contributed by atoms with Crippen LogP contribution in [0.4, 0.5) is 15.8 Å². The van der Waals surface area contributed by atoms with Gasteiger partial charge < -0.3 is 0 Å². The molecule has 5 rings (SSSR count). The highest BCUT2D eigenvalue weighted by atomic mass is 19.1. The molecule has 0 amide bonds. The van der Waals surface area contributed by atoms with Crippen LogP contribution in [0.25, 0.3) is 11.1 Å². The fourth-order valence-electron chi connectivity index (χ4n) is 6.14. The molecule has 0 spiro atoms. The summed E-state index contributed by atoms with van der Waals surface area (Å²) in [6, 6.07) is 9.94. The number of rotatable bonds is 4. The van der Waals surface area contributed by atoms with Crippen LogP contribution >= 0.6 is 0 Å². The van der Waals surface area contributed by atoms with Gasteiger partial charge in [0.15, 0.2) is 0 Å². The Balaban J connectivity index is 1.49. The van der Waals surface area contributed by atoms with E-state index in [1.54, 1.807) is 0 Å². The molecule has 1 fully saturated rings. The number of benzene rings is 2. The number of nitrogens with zero attached hydrogens (tertiary/aromatic N) is 3. The van der Waals surface area contributed by atoms with E-state index in [2.05, 4.69) is 43.3 Å². The van der Waals surface area contributed by atoms with E-state index >= 15 is 0 Å². The average Bonchev–Trinajstić information content (AvgIpc) is 2.87. The summed E-state index contributed by atoms with van der Waals surface area (Å²) in [4.78, 5) is 9.34. The van der Waals surface area contributed by atoms with Gasteiger partial charge in [0, 0.05) is 18.3 Å². The van der Waals surface area contributed by atoms with Crippen molar-refractivity contribution in [1.29, 1.82) is 5.26 Å². The normalized spacial score (nSPS) is 23.0. The predicted molar refractivity (Wildman–Crippen MR) is 133 cm³/mol. The van der Waals surface area contributed by atoms with Crippen LogP contribution in [0.15, 0.2) is 34.3 Å². The second-order valence-corrected chi connectivity index (χ2v) is 10.1. The van der Waals surface area contributed by atoms with Crippen molar-refractivity contribution in [3.63, 3.8) is 0 Å². The molecule has 1 saturated carbocycles. The minimum absolute atomic E-state index is 0.0543. The van der Waals surface area contributed by atoms with Crippen molar-refractivity contribution >= 4 is 23.8 Å². The van der Waals surface area contributed by atoms with Crippen LogP contribution in [-0.2, 0) is 6.42 Å². The summed E-state index contributed by atoms with van der Waals surface area (Å²) < 4.78 is 14.9. The lowest BCUT2D eigenvalue weighted by atomic mass is 9.73. The van der Waals surface area contributed by atoms with Crippen molar-refractivity contribution < 1.29 is 4.39 Å². The van der Waals surface area contributed by atoms with Crippen LogP contribution in [0.2, 0.25) is 0 Å². The second kappa shape index (κ2) is 9.21. The van der Waals surface area contributed by atoms with Gasteiger partial charge in [-0.05, 0) is 71.4 Å². The smallest absolute Gasteiger partial charge is 0.143 e. The zero-order valence-corrected chi connectivity index (χ0v) is 19.6. The molecule has 0 N–H and O–H groups in total. The van der Waals surface area contributed by atoms with Gasteiger partial charge in [0.1, 0.15) is 17.4 Å². The van der Waals surface area contributed by atoms with Crippen molar-refractivity contribution in [2.24, 2.45) is 27.7 Å². The van der Waals surface area contributed by atoms with Gasteiger partial charge in [-0.25, -0.2) is 4.39 Å². The van der Waals surface area contributed by atoms with E-state index in [4.69, 9.17) is 4.99 Å². The predicted octanol–water partition coefficient (Wildman–Crippen LogP) is 8.05. The molecule has 2 aromatic carbocycles. The minimum Gasteiger partial charge on any atom is -0.261 e. The Morgan fingerprint density at radius 2 is 1.97 bits per heavy atom. The number of aliphatic imine (C=N–C) groups is 2. The van der Waals surface area contributed by atoms with Gasteiger partial charge in [-0.15, -0.1) is 0 Å². The Hall–Kier alpha value is -2.80. The lowest BCUT2D eigenvalue weighted by Gasteiger charge is -2.33. The zero-order valence-electron chi connectivity index (χ0n) is 19.6. The fourth-order valence-corrected chi connectivity index (χ4v) is 6.14. The number of hydrogen-bond donors (Lipinski definition) is 0. The number of fused-ring (bicyclic) bond motifs is 2. The highest BCUT2D eigenvalue weighted by Crippen LogP contribution is 2.46. The van der Waals surface area contributed by atoms with Gasteiger partial charge in [-0.3, -0.25) is 9.98 Å². The van der Waals surface area contributed by atoms with Crippen LogP contribution in [0.5, 0.6) is 0 Å². The molecule has 0 aromatic heterocycles. The van der Waals surface area contributed by atoms with Crippen LogP contribution < -0.4 is 0 Å². The van der Waals surface area contributed by atoms with Crippen molar-refractivity contribution in [3.05, 3.63) is 46.8 Å². The Morgan fingerprint density at radius 1 is 1.15 bits per heavy atom. The van der Waals surface area contributed by atoms with Gasteiger partial charge in [0.2, 0.25) is 0 Å². The SMILES string of the molecule is CCC1CC=Nc2c(C#N)c(F)cc(-c3ccc4c(c3)N=CC(C(C)C3CCCCC3)C4)c21. The van der Waals surface area contributed by atoms with Crippen LogP contribution in [0.1, 0.15) is 81.4 Å². The van der Waals surface area contributed by atoms with E-state index < -0.39 is 5.82 Å². The van der Waals surface area contributed by atoms with Crippen molar-refractivity contribution in [3.8, 4) is 17.2 Å². The van der Waals surface area contributed by atoms with Gasteiger partial charge in [-0.2, -0.15) is 5.26 Å². The molecule has 170 valence electrons. The summed E-state index contributed by atoms with van der Waals surface area (Å²) >= 11 is 0. The first-order valence-electron chi connectivity index (χ1n) is 12.6. The third kappa shape index (κ3) is 4.03. The standard InChI is InChI=1S/C29H32FN3/c1-3-19-11-12-32-29-25(16-31)26(30)15-24(28(19)29)21-9-10-22-13-23(17-33-27(22)14-21)18(2)20-7-5-4-6-8-20/h9-10,12,14-15,17-20,23H,3-8,11,13H2,1-2H3. The lowest BCUT2D eigenvalue weighted by molar-refractivity contribution is 0.228. The Kier molecular flexibility index (Phi) is 6.15. The third-order valence-corrected chi connectivity index (χ3v) is 8.24. The van der Waals surface area contributed by atoms with Crippen LogP contribution in [0, 0.1) is 34.9 Å². The fraction of sp³-hybridized carbons (Fsp3) is 0.483. The molecule has 0 saturated heterocycles. The monoisotopic (exact) mass is 441 g/mol. The molecule has 3 unspecified atom stereocenters. The maximum Gasteiger partial charge on any atom is 0.143 e. The highest BCUT2D eigenvalue weighted by molar-refractivity contribution is 5.84. The van der Waals surface area contributed by atoms with Gasteiger partial charge in [0.05, 0.1) is 11.4 Å². The molecule has 1 aliphatic carbocycles. The molecule has 3 aliphatic rings. The van der Waals surface area contributed by atoms with Gasteiger partial charge in [-0.1, -0.05) is 58.1 Å². The molecule has 2 aromatic rings. The summed E-state index contributed by atoms with van der Waals surface area (Å²) in [5.74, 6) is 1.70. The first-order valence-corrected chi connectivity index (χ1v) is 12.6. The van der Waals surface area contributed by atoms with E-state index in [1.807, 2.05) is 12.3 Å². The zero-order chi connectivity index (χ0) is 22.9. The van der Waals surface area contributed by atoms with E-state index in [0.717, 1.165) is 47.6 Å². The molecule has 0 bridgehead atoms. The molecule has 33 heavy (non-hydrogen) atoms. The molecule has 2 heterocycles. The largest absolute Gasteiger partial charge is 0.261 e. The lowest BCUT2D eigenvalue weighted by Crippen LogP contribution is -2.26. The van der Waals surface area contributed by atoms with E-state index in [9.17, 15) is 9.65 Å². The number of halogens is 1. The highest BCUT2D eigenvalue weighted by Gasteiger charge is 2.30. The molecule has 2 aliphatic heterocycles. The summed E-state index contributed by atoms with van der Waals surface area (Å²) in [7, 11) is 0. The summed E-state index contributed by atoms with van der Waals surface area (Å²) in [5, 5.41) is 9.53. The second-order valence-electron chi connectivity index (χ2n) is 10.1. The molecule has 0 radical (unpaired) electrons. The Bertz CT molecular complexity index is 1150. The third-order valence-electron chi connectivity index (χ3n) is 8.24. The number of hydrogen-bond acceptors (Lipinski definition) is 3. The summed E-state index contributed by atoms with van der Waals surface area (Å²) in [5.41, 5.74) is 5.64. The molecule has 3 atom stereocenters. The van der Waals surface area contributed by atoms with Crippen molar-refractivity contribution in [2.45, 2.75) is 71.1 Å². The number of nitriles is 1. The van der Waals surface area contributed by atoms with Crippen LogP contribution in [-0.4, -0.2) is 12.4 Å². The van der Waals surface area contributed by atoms with Crippen LogP contribution in [0.3, 0.4) is 0 Å². The molecule has 4 heteroatoms.